The lowest BCUT2D eigenvalue weighted by Gasteiger charge is -2.41. The van der Waals surface area contributed by atoms with Gasteiger partial charge in [0.15, 0.2) is 0 Å². The summed E-state index contributed by atoms with van der Waals surface area (Å²) in [7, 11) is 0. The number of nitrogens with zero attached hydrogens (tertiary/aromatic N) is 1. The van der Waals surface area contributed by atoms with Crippen LogP contribution in [0.4, 0.5) is 0 Å². The summed E-state index contributed by atoms with van der Waals surface area (Å²) in [4.78, 5) is 3.64. The molecule has 1 saturated heterocycles. The van der Waals surface area contributed by atoms with Crippen molar-refractivity contribution in [3.05, 3.63) is 21.3 Å². The van der Waals surface area contributed by atoms with Crippen molar-refractivity contribution in [1.29, 1.82) is 0 Å². The predicted octanol–water partition coefficient (Wildman–Crippen LogP) is 2.51. The van der Waals surface area contributed by atoms with Gasteiger partial charge in [-0.1, -0.05) is 11.6 Å². The number of rotatable bonds is 3. The van der Waals surface area contributed by atoms with Gasteiger partial charge in [0.05, 0.1) is 23.3 Å². The molecule has 1 atom stereocenters. The third-order valence-corrected chi connectivity index (χ3v) is 4.42. The van der Waals surface area contributed by atoms with Gasteiger partial charge in [-0.3, -0.25) is 4.90 Å². The van der Waals surface area contributed by atoms with Crippen LogP contribution in [0.5, 0.6) is 0 Å². The molecular formula is C12H19ClN2OS. The van der Waals surface area contributed by atoms with E-state index in [2.05, 4.69) is 18.7 Å². The van der Waals surface area contributed by atoms with E-state index in [1.54, 1.807) is 11.3 Å². The fourth-order valence-corrected chi connectivity index (χ4v) is 3.50. The highest BCUT2D eigenvalue weighted by molar-refractivity contribution is 7.10. The zero-order valence-corrected chi connectivity index (χ0v) is 11.9. The number of halogens is 1. The monoisotopic (exact) mass is 274 g/mol. The summed E-state index contributed by atoms with van der Waals surface area (Å²) < 4.78 is 5.73. The zero-order chi connectivity index (χ0) is 12.5. The van der Waals surface area contributed by atoms with Gasteiger partial charge in [-0.25, -0.2) is 0 Å². The summed E-state index contributed by atoms with van der Waals surface area (Å²) in [6, 6.07) is 2.28. The fraction of sp³-hybridized carbons (Fsp3) is 0.667. The van der Waals surface area contributed by atoms with Gasteiger partial charge in [-0.05, 0) is 19.9 Å². The molecule has 0 radical (unpaired) electrons. The SMILES string of the molecule is CC1(C)CN(C(CN)c2cc(Cl)cs2)CCO1. The van der Waals surface area contributed by atoms with Crippen LogP contribution in [0, 0.1) is 0 Å². The summed E-state index contributed by atoms with van der Waals surface area (Å²) in [5, 5.41) is 2.77. The van der Waals surface area contributed by atoms with Crippen LogP contribution in [0.25, 0.3) is 0 Å². The van der Waals surface area contributed by atoms with E-state index in [0.29, 0.717) is 6.54 Å². The molecule has 0 aliphatic carbocycles. The second-order valence-electron chi connectivity index (χ2n) is 5.00. The van der Waals surface area contributed by atoms with E-state index < -0.39 is 0 Å². The van der Waals surface area contributed by atoms with Crippen LogP contribution in [-0.4, -0.2) is 36.7 Å². The Labute approximate surface area is 112 Å². The van der Waals surface area contributed by atoms with Crippen molar-refractivity contribution in [3.63, 3.8) is 0 Å². The predicted molar refractivity (Wildman–Crippen MR) is 72.7 cm³/mol. The van der Waals surface area contributed by atoms with Crippen LogP contribution in [0.3, 0.4) is 0 Å². The Balaban J connectivity index is 2.13. The Morgan fingerprint density at radius 2 is 2.41 bits per heavy atom. The minimum Gasteiger partial charge on any atom is -0.373 e. The second kappa shape index (κ2) is 5.24. The zero-order valence-electron chi connectivity index (χ0n) is 10.3. The summed E-state index contributed by atoms with van der Waals surface area (Å²) in [6.07, 6.45) is 0. The number of thiophene rings is 1. The van der Waals surface area contributed by atoms with E-state index in [9.17, 15) is 0 Å². The Kier molecular flexibility index (Phi) is 4.10. The summed E-state index contributed by atoms with van der Waals surface area (Å²) in [5.41, 5.74) is 5.82. The van der Waals surface area contributed by atoms with Gasteiger partial charge in [0, 0.05) is 29.9 Å². The lowest BCUT2D eigenvalue weighted by molar-refractivity contribution is -0.0964. The summed E-state index contributed by atoms with van der Waals surface area (Å²) in [6.45, 7) is 7.46. The van der Waals surface area contributed by atoms with Gasteiger partial charge in [0.1, 0.15) is 0 Å². The Hall–Kier alpha value is -0.130. The molecule has 0 amide bonds. The van der Waals surface area contributed by atoms with E-state index in [0.717, 1.165) is 24.7 Å². The highest BCUT2D eigenvalue weighted by Gasteiger charge is 2.31. The lowest BCUT2D eigenvalue weighted by Crippen LogP contribution is -2.50. The van der Waals surface area contributed by atoms with Crippen molar-refractivity contribution in [3.8, 4) is 0 Å². The van der Waals surface area contributed by atoms with Gasteiger partial charge < -0.3 is 10.5 Å². The topological polar surface area (TPSA) is 38.5 Å². The highest BCUT2D eigenvalue weighted by Crippen LogP contribution is 2.31. The summed E-state index contributed by atoms with van der Waals surface area (Å²) in [5.74, 6) is 0. The first-order valence-electron chi connectivity index (χ1n) is 5.84. The number of hydrogen-bond donors (Lipinski definition) is 1. The summed E-state index contributed by atoms with van der Waals surface area (Å²) >= 11 is 7.66. The molecule has 3 nitrogen and oxygen atoms in total. The van der Waals surface area contributed by atoms with Crippen LogP contribution in [-0.2, 0) is 4.74 Å². The maximum atomic E-state index is 5.98. The quantitative estimate of drug-likeness (QED) is 0.920. The Bertz CT molecular complexity index is 380. The van der Waals surface area contributed by atoms with Crippen molar-refractivity contribution in [1.82, 2.24) is 4.90 Å². The molecule has 2 N–H and O–H groups in total. The van der Waals surface area contributed by atoms with E-state index in [1.807, 2.05) is 11.4 Å². The number of ether oxygens (including phenoxy) is 1. The van der Waals surface area contributed by atoms with Crippen LogP contribution in [0.2, 0.25) is 5.02 Å². The molecule has 5 heteroatoms. The van der Waals surface area contributed by atoms with Crippen molar-refractivity contribution in [2.75, 3.05) is 26.2 Å². The smallest absolute Gasteiger partial charge is 0.0753 e. The van der Waals surface area contributed by atoms with E-state index in [-0.39, 0.29) is 11.6 Å². The normalized spacial score (nSPS) is 22.6. The molecule has 0 saturated carbocycles. The standard InChI is InChI=1S/C12H19ClN2OS/c1-12(2)8-15(3-4-16-12)10(6-14)11-5-9(13)7-17-11/h5,7,10H,3-4,6,8,14H2,1-2H3. The first-order chi connectivity index (χ1) is 8.02. The molecule has 0 spiro atoms. The fourth-order valence-electron chi connectivity index (χ4n) is 2.27. The number of morpholine rings is 1. The van der Waals surface area contributed by atoms with Gasteiger partial charge in [0.25, 0.3) is 0 Å². The molecular weight excluding hydrogens is 256 g/mol. The lowest BCUT2D eigenvalue weighted by atomic mass is 10.0. The van der Waals surface area contributed by atoms with Crippen LogP contribution in [0.1, 0.15) is 24.8 Å². The van der Waals surface area contributed by atoms with Crippen LogP contribution < -0.4 is 5.73 Å². The average molecular weight is 275 g/mol. The van der Waals surface area contributed by atoms with Gasteiger partial charge in [-0.15, -0.1) is 11.3 Å². The van der Waals surface area contributed by atoms with Crippen molar-refractivity contribution < 1.29 is 4.74 Å². The Morgan fingerprint density at radius 3 is 2.94 bits per heavy atom. The van der Waals surface area contributed by atoms with Crippen molar-refractivity contribution in [2.45, 2.75) is 25.5 Å². The highest BCUT2D eigenvalue weighted by atomic mass is 35.5. The molecule has 2 rings (SSSR count). The molecule has 1 unspecified atom stereocenters. The Morgan fingerprint density at radius 1 is 1.65 bits per heavy atom. The molecule has 0 aromatic carbocycles. The molecule has 1 aliphatic rings. The van der Waals surface area contributed by atoms with E-state index in [4.69, 9.17) is 22.1 Å². The maximum Gasteiger partial charge on any atom is 0.0753 e. The maximum absolute atomic E-state index is 5.98. The van der Waals surface area contributed by atoms with Gasteiger partial charge >= 0.3 is 0 Å². The van der Waals surface area contributed by atoms with Gasteiger partial charge in [-0.2, -0.15) is 0 Å². The average Bonchev–Trinajstić information content (AvgIpc) is 2.64. The molecule has 1 fully saturated rings. The van der Waals surface area contributed by atoms with Gasteiger partial charge in [0.2, 0.25) is 0 Å². The third-order valence-electron chi connectivity index (χ3n) is 3.04. The number of hydrogen-bond acceptors (Lipinski definition) is 4. The molecule has 17 heavy (non-hydrogen) atoms. The van der Waals surface area contributed by atoms with Crippen LogP contribution >= 0.6 is 22.9 Å². The first-order valence-corrected chi connectivity index (χ1v) is 7.09. The minimum atomic E-state index is -0.0906. The van der Waals surface area contributed by atoms with Crippen LogP contribution in [0.15, 0.2) is 11.4 Å². The molecule has 2 heterocycles. The van der Waals surface area contributed by atoms with E-state index in [1.165, 1.54) is 4.88 Å². The largest absolute Gasteiger partial charge is 0.373 e. The first kappa shape index (κ1) is 13.3. The number of nitrogens with two attached hydrogens (primary N) is 1. The van der Waals surface area contributed by atoms with Crippen molar-refractivity contribution in [2.24, 2.45) is 5.73 Å². The van der Waals surface area contributed by atoms with E-state index >= 15 is 0 Å². The molecule has 0 bridgehead atoms. The van der Waals surface area contributed by atoms with Crippen molar-refractivity contribution >= 4 is 22.9 Å². The molecule has 1 aromatic rings. The third kappa shape index (κ3) is 3.20. The molecule has 96 valence electrons. The molecule has 1 aliphatic heterocycles. The minimum absolute atomic E-state index is 0.0906. The molecule has 1 aromatic heterocycles. The second-order valence-corrected chi connectivity index (χ2v) is 6.38.